The minimum absolute atomic E-state index is 0.225. The summed E-state index contributed by atoms with van der Waals surface area (Å²) in [5.74, 6) is 0. The second-order valence-corrected chi connectivity index (χ2v) is 3.37. The number of H-pyrrole nitrogens is 1. The first-order chi connectivity index (χ1) is 5.36. The van der Waals surface area contributed by atoms with Crippen molar-refractivity contribution < 1.29 is 0 Å². The summed E-state index contributed by atoms with van der Waals surface area (Å²) in [6, 6.07) is 0. The molecule has 60 valence electrons. The normalized spacial score (nSPS) is 17.6. The van der Waals surface area contributed by atoms with Crippen molar-refractivity contribution in [1.29, 1.82) is 0 Å². The van der Waals surface area contributed by atoms with Crippen LogP contribution in [-0.2, 0) is 0 Å². The van der Waals surface area contributed by atoms with Gasteiger partial charge in [-0.15, -0.1) is 0 Å². The van der Waals surface area contributed by atoms with Gasteiger partial charge in [0.2, 0.25) is 5.13 Å². The molecule has 0 unspecified atom stereocenters. The van der Waals surface area contributed by atoms with Gasteiger partial charge in [0.05, 0.1) is 0 Å². The van der Waals surface area contributed by atoms with E-state index in [1.54, 1.807) is 0 Å². The van der Waals surface area contributed by atoms with Crippen LogP contribution in [0.4, 0.5) is 5.13 Å². The molecule has 11 heavy (non-hydrogen) atoms. The minimum Gasteiger partial charge on any atom is -0.347 e. The Kier molecular flexibility index (Phi) is 1.65. The summed E-state index contributed by atoms with van der Waals surface area (Å²) in [6.45, 7) is 2.08. The zero-order chi connectivity index (χ0) is 7.68. The standard InChI is InChI=1S/C6H9N3OS/c10-5-7-6(11-8-5)9-3-1-2-4-9/h1-4H2,(H,8,10). The van der Waals surface area contributed by atoms with Gasteiger partial charge in [-0.2, -0.15) is 4.98 Å². The van der Waals surface area contributed by atoms with Gasteiger partial charge in [-0.1, -0.05) is 0 Å². The van der Waals surface area contributed by atoms with Gasteiger partial charge < -0.3 is 4.90 Å². The van der Waals surface area contributed by atoms with E-state index in [2.05, 4.69) is 14.3 Å². The lowest BCUT2D eigenvalue weighted by Gasteiger charge is -2.10. The number of nitrogens with zero attached hydrogens (tertiary/aromatic N) is 2. The molecule has 0 spiro atoms. The van der Waals surface area contributed by atoms with E-state index in [-0.39, 0.29) is 5.69 Å². The van der Waals surface area contributed by atoms with Gasteiger partial charge >= 0.3 is 5.69 Å². The molecule has 4 nitrogen and oxygen atoms in total. The maximum Gasteiger partial charge on any atom is 0.357 e. The summed E-state index contributed by atoms with van der Waals surface area (Å²) in [7, 11) is 0. The van der Waals surface area contributed by atoms with E-state index in [0.717, 1.165) is 18.2 Å². The largest absolute Gasteiger partial charge is 0.357 e. The van der Waals surface area contributed by atoms with Gasteiger partial charge in [0.25, 0.3) is 0 Å². The number of rotatable bonds is 1. The van der Waals surface area contributed by atoms with Gasteiger partial charge in [-0.25, -0.2) is 4.79 Å². The molecule has 2 rings (SSSR count). The molecule has 0 saturated carbocycles. The third-order valence-electron chi connectivity index (χ3n) is 1.80. The molecule has 0 atom stereocenters. The molecule has 2 heterocycles. The van der Waals surface area contributed by atoms with Crippen molar-refractivity contribution in [2.75, 3.05) is 18.0 Å². The van der Waals surface area contributed by atoms with Crippen LogP contribution < -0.4 is 10.6 Å². The average molecular weight is 171 g/mol. The third-order valence-corrected chi connectivity index (χ3v) is 2.61. The number of aromatic amines is 1. The topological polar surface area (TPSA) is 49.0 Å². The first kappa shape index (κ1) is 6.84. The van der Waals surface area contributed by atoms with Crippen molar-refractivity contribution in [2.24, 2.45) is 0 Å². The number of anilines is 1. The van der Waals surface area contributed by atoms with Crippen molar-refractivity contribution in [1.82, 2.24) is 9.36 Å². The smallest absolute Gasteiger partial charge is 0.347 e. The lowest BCUT2D eigenvalue weighted by Crippen LogP contribution is -2.18. The van der Waals surface area contributed by atoms with Crippen molar-refractivity contribution in [3.8, 4) is 0 Å². The average Bonchev–Trinajstić information content (AvgIpc) is 2.55. The lowest BCUT2D eigenvalue weighted by molar-refractivity contribution is 0.949. The van der Waals surface area contributed by atoms with Gasteiger partial charge in [0, 0.05) is 13.1 Å². The molecule has 1 N–H and O–H groups in total. The van der Waals surface area contributed by atoms with Crippen LogP contribution in [0.25, 0.3) is 0 Å². The summed E-state index contributed by atoms with van der Waals surface area (Å²) >= 11 is 1.32. The van der Waals surface area contributed by atoms with Crippen LogP contribution in [0.3, 0.4) is 0 Å². The molecule has 0 aliphatic carbocycles. The molecule has 5 heteroatoms. The maximum atomic E-state index is 10.7. The molecule has 1 aliphatic rings. The highest BCUT2D eigenvalue weighted by Gasteiger charge is 2.14. The molecule has 0 amide bonds. The molecule has 1 aliphatic heterocycles. The van der Waals surface area contributed by atoms with E-state index in [1.165, 1.54) is 24.4 Å². The van der Waals surface area contributed by atoms with Gasteiger partial charge in [0.15, 0.2) is 0 Å². The van der Waals surface area contributed by atoms with Crippen molar-refractivity contribution in [3.05, 3.63) is 10.5 Å². The highest BCUT2D eigenvalue weighted by molar-refractivity contribution is 7.09. The zero-order valence-electron chi connectivity index (χ0n) is 6.04. The number of hydrogen-bond acceptors (Lipinski definition) is 4. The highest BCUT2D eigenvalue weighted by atomic mass is 32.1. The Morgan fingerprint density at radius 1 is 1.45 bits per heavy atom. The predicted octanol–water partition coefficient (Wildman–Crippen LogP) is 0.432. The zero-order valence-corrected chi connectivity index (χ0v) is 6.86. The molecule has 1 saturated heterocycles. The first-order valence-electron chi connectivity index (χ1n) is 3.67. The van der Waals surface area contributed by atoms with Crippen LogP contribution in [0.5, 0.6) is 0 Å². The Labute approximate surface area is 68.0 Å². The van der Waals surface area contributed by atoms with Crippen LogP contribution in [0, 0.1) is 0 Å². The highest BCUT2D eigenvalue weighted by Crippen LogP contribution is 2.18. The summed E-state index contributed by atoms with van der Waals surface area (Å²) in [5, 5.41) is 0.840. The second-order valence-electron chi connectivity index (χ2n) is 2.60. The van der Waals surface area contributed by atoms with Gasteiger partial charge in [0.1, 0.15) is 0 Å². The van der Waals surface area contributed by atoms with Crippen LogP contribution in [0.2, 0.25) is 0 Å². The van der Waals surface area contributed by atoms with Crippen LogP contribution in [0.15, 0.2) is 4.79 Å². The molecule has 0 radical (unpaired) electrons. The van der Waals surface area contributed by atoms with E-state index in [1.807, 2.05) is 0 Å². The predicted molar refractivity (Wildman–Crippen MR) is 44.2 cm³/mol. The summed E-state index contributed by atoms with van der Waals surface area (Å²) in [6.07, 6.45) is 2.43. The van der Waals surface area contributed by atoms with Crippen molar-refractivity contribution >= 4 is 16.7 Å². The Balaban J connectivity index is 2.21. The molecule has 1 aromatic heterocycles. The Morgan fingerprint density at radius 3 is 2.73 bits per heavy atom. The number of hydrogen-bond donors (Lipinski definition) is 1. The van der Waals surface area contributed by atoms with E-state index in [4.69, 9.17) is 0 Å². The summed E-state index contributed by atoms with van der Waals surface area (Å²) < 4.78 is 2.58. The van der Waals surface area contributed by atoms with Gasteiger partial charge in [-0.05, 0) is 24.4 Å². The van der Waals surface area contributed by atoms with E-state index in [9.17, 15) is 4.79 Å². The van der Waals surface area contributed by atoms with Crippen LogP contribution >= 0.6 is 11.5 Å². The fourth-order valence-corrected chi connectivity index (χ4v) is 1.93. The van der Waals surface area contributed by atoms with Crippen LogP contribution in [0.1, 0.15) is 12.8 Å². The minimum atomic E-state index is -0.225. The summed E-state index contributed by atoms with van der Waals surface area (Å²) in [4.78, 5) is 16.6. The fraction of sp³-hybridized carbons (Fsp3) is 0.667. The molecule has 0 bridgehead atoms. The monoisotopic (exact) mass is 171 g/mol. The lowest BCUT2D eigenvalue weighted by atomic mass is 10.4. The maximum absolute atomic E-state index is 10.7. The van der Waals surface area contributed by atoms with Gasteiger partial charge in [-0.3, -0.25) is 4.37 Å². The Hall–Kier alpha value is -0.840. The quantitative estimate of drug-likeness (QED) is 0.666. The molecule has 0 aromatic carbocycles. The van der Waals surface area contributed by atoms with Crippen molar-refractivity contribution in [2.45, 2.75) is 12.8 Å². The summed E-state index contributed by atoms with van der Waals surface area (Å²) in [5.41, 5.74) is -0.225. The van der Waals surface area contributed by atoms with E-state index >= 15 is 0 Å². The molecular weight excluding hydrogens is 162 g/mol. The van der Waals surface area contributed by atoms with E-state index < -0.39 is 0 Å². The number of nitrogens with one attached hydrogen (secondary N) is 1. The van der Waals surface area contributed by atoms with Crippen LogP contribution in [-0.4, -0.2) is 22.4 Å². The number of aromatic nitrogens is 2. The second kappa shape index (κ2) is 2.65. The SMILES string of the molecule is O=c1nc(N2CCCC2)s[nH]1. The molecule has 1 aromatic rings. The Morgan fingerprint density at radius 2 is 2.18 bits per heavy atom. The fourth-order valence-electron chi connectivity index (χ4n) is 1.27. The third kappa shape index (κ3) is 1.28. The molecule has 1 fully saturated rings. The van der Waals surface area contributed by atoms with Crippen molar-refractivity contribution in [3.63, 3.8) is 0 Å². The van der Waals surface area contributed by atoms with E-state index in [0.29, 0.717) is 0 Å². The first-order valence-corrected chi connectivity index (χ1v) is 4.48. The Bertz CT molecular complexity index is 286. The molecular formula is C6H9N3OS.